The Kier molecular flexibility index (Phi) is 3.95. The predicted molar refractivity (Wildman–Crippen MR) is 58.7 cm³/mol. The standard InChI is InChI=1S/C7H10FNO4S2Se/c8-15(10,11)13-7(14-5-6-16-7)9-1-3-12-4-2-9/h5-6H,1-4H2. The summed E-state index contributed by atoms with van der Waals surface area (Å²) in [5.41, 5.74) is 0. The molecule has 0 aromatic carbocycles. The fourth-order valence-electron chi connectivity index (χ4n) is 1.46. The van der Waals surface area contributed by atoms with Crippen molar-refractivity contribution in [2.75, 3.05) is 26.3 Å². The third kappa shape index (κ3) is 2.98. The summed E-state index contributed by atoms with van der Waals surface area (Å²) >= 11 is 0.958. The number of hydrogen-bond acceptors (Lipinski definition) is 6. The summed E-state index contributed by atoms with van der Waals surface area (Å²) in [5, 5.41) is 1.75. The second-order valence-electron chi connectivity index (χ2n) is 3.11. The predicted octanol–water partition coefficient (Wildman–Crippen LogP) is 0.0830. The maximum absolute atomic E-state index is 12.7. The molecule has 2 rings (SSSR count). The van der Waals surface area contributed by atoms with Crippen LogP contribution in [0.4, 0.5) is 3.89 Å². The Bertz CT molecular complexity index is 374. The molecule has 2 heterocycles. The third-order valence-corrected chi connectivity index (χ3v) is 7.20. The zero-order chi connectivity index (χ0) is 11.6. The molecule has 0 spiro atoms. The number of nitrogens with zero attached hydrogens (tertiary/aromatic N) is 1. The molecule has 0 saturated carbocycles. The Morgan fingerprint density at radius 3 is 2.69 bits per heavy atom. The van der Waals surface area contributed by atoms with Gasteiger partial charge < -0.3 is 0 Å². The molecule has 2 aliphatic rings. The van der Waals surface area contributed by atoms with Crippen molar-refractivity contribution in [2.45, 2.75) is 3.96 Å². The Morgan fingerprint density at radius 2 is 2.19 bits per heavy atom. The number of ether oxygens (including phenoxy) is 1. The second kappa shape index (κ2) is 4.93. The van der Waals surface area contributed by atoms with Crippen LogP contribution in [0, 0.1) is 0 Å². The summed E-state index contributed by atoms with van der Waals surface area (Å²) < 4.78 is 42.7. The van der Waals surface area contributed by atoms with Gasteiger partial charge in [-0.25, -0.2) is 0 Å². The molecule has 0 aromatic heterocycles. The van der Waals surface area contributed by atoms with Gasteiger partial charge in [-0.05, 0) is 0 Å². The van der Waals surface area contributed by atoms with Crippen LogP contribution in [-0.4, -0.2) is 58.5 Å². The number of halogens is 1. The van der Waals surface area contributed by atoms with Crippen LogP contribution in [-0.2, 0) is 19.4 Å². The van der Waals surface area contributed by atoms with Gasteiger partial charge in [-0.3, -0.25) is 0 Å². The summed E-state index contributed by atoms with van der Waals surface area (Å²) in [4.78, 5) is 3.65. The van der Waals surface area contributed by atoms with E-state index in [0.717, 1.165) is 0 Å². The molecule has 0 aromatic rings. The van der Waals surface area contributed by atoms with E-state index in [9.17, 15) is 12.3 Å². The second-order valence-corrected chi connectivity index (χ2v) is 7.93. The minimum absolute atomic E-state index is 0.242. The van der Waals surface area contributed by atoms with E-state index in [2.05, 4.69) is 4.18 Å². The molecule has 0 radical (unpaired) electrons. The fourth-order valence-corrected chi connectivity index (χ4v) is 6.43. The average Bonchev–Trinajstić information content (AvgIpc) is 2.66. The van der Waals surface area contributed by atoms with Crippen molar-refractivity contribution in [3.05, 3.63) is 10.4 Å². The first-order chi connectivity index (χ1) is 7.52. The Labute approximate surface area is 104 Å². The van der Waals surface area contributed by atoms with Crippen molar-refractivity contribution < 1.29 is 21.2 Å². The molecule has 0 amide bonds. The maximum atomic E-state index is 12.7. The first kappa shape index (κ1) is 12.8. The Hall–Kier alpha value is 0.369. The van der Waals surface area contributed by atoms with E-state index in [4.69, 9.17) is 4.74 Å². The van der Waals surface area contributed by atoms with Crippen molar-refractivity contribution in [1.82, 2.24) is 4.90 Å². The summed E-state index contributed by atoms with van der Waals surface area (Å²) in [6, 6.07) is 0. The van der Waals surface area contributed by atoms with Crippen molar-refractivity contribution in [3.8, 4) is 0 Å². The fraction of sp³-hybridized carbons (Fsp3) is 0.714. The molecule has 16 heavy (non-hydrogen) atoms. The van der Waals surface area contributed by atoms with Gasteiger partial charge in [0.25, 0.3) is 0 Å². The van der Waals surface area contributed by atoms with Gasteiger partial charge in [0, 0.05) is 0 Å². The third-order valence-electron chi connectivity index (χ3n) is 2.09. The van der Waals surface area contributed by atoms with Crippen molar-refractivity contribution in [3.63, 3.8) is 0 Å². The molecule has 1 unspecified atom stereocenters. The van der Waals surface area contributed by atoms with Crippen LogP contribution in [0.15, 0.2) is 10.4 Å². The molecule has 2 aliphatic heterocycles. The number of morpholine rings is 1. The van der Waals surface area contributed by atoms with Crippen LogP contribution < -0.4 is 0 Å². The van der Waals surface area contributed by atoms with Gasteiger partial charge >= 0.3 is 104 Å². The van der Waals surface area contributed by atoms with Gasteiger partial charge in [0.15, 0.2) is 0 Å². The topological polar surface area (TPSA) is 55.8 Å². The van der Waals surface area contributed by atoms with Gasteiger partial charge in [-0.15, -0.1) is 0 Å². The quantitative estimate of drug-likeness (QED) is 0.538. The molecule has 0 N–H and O–H groups in total. The van der Waals surface area contributed by atoms with Gasteiger partial charge in [0.05, 0.1) is 0 Å². The van der Waals surface area contributed by atoms with E-state index < -0.39 is 14.5 Å². The van der Waals surface area contributed by atoms with Crippen molar-refractivity contribution in [1.29, 1.82) is 0 Å². The summed E-state index contributed by atoms with van der Waals surface area (Å²) in [6.07, 6.45) is 0. The molecule has 0 bridgehead atoms. The van der Waals surface area contributed by atoms with Crippen LogP contribution in [0.25, 0.3) is 0 Å². The van der Waals surface area contributed by atoms with Gasteiger partial charge in [0.2, 0.25) is 0 Å². The molecular formula is C7H10FNO4S2Se. The van der Waals surface area contributed by atoms with E-state index in [1.54, 1.807) is 5.41 Å². The van der Waals surface area contributed by atoms with Crippen LogP contribution in [0.1, 0.15) is 0 Å². The molecule has 92 valence electrons. The molecule has 1 fully saturated rings. The van der Waals surface area contributed by atoms with E-state index in [0.29, 0.717) is 26.3 Å². The zero-order valence-electron chi connectivity index (χ0n) is 8.17. The van der Waals surface area contributed by atoms with Gasteiger partial charge in [-0.2, -0.15) is 0 Å². The summed E-state index contributed by atoms with van der Waals surface area (Å²) in [5.74, 6) is 0. The number of thioether (sulfide) groups is 1. The normalized spacial score (nSPS) is 32.1. The molecular weight excluding hydrogens is 324 g/mol. The Morgan fingerprint density at radius 1 is 1.50 bits per heavy atom. The van der Waals surface area contributed by atoms with E-state index in [1.165, 1.54) is 11.8 Å². The van der Waals surface area contributed by atoms with Crippen LogP contribution in [0.2, 0.25) is 0 Å². The van der Waals surface area contributed by atoms with Crippen molar-refractivity contribution in [2.24, 2.45) is 0 Å². The molecule has 1 saturated heterocycles. The molecule has 0 aliphatic carbocycles. The Balaban J connectivity index is 2.14. The summed E-state index contributed by atoms with van der Waals surface area (Å²) in [6.45, 7) is 2.11. The van der Waals surface area contributed by atoms with Gasteiger partial charge in [-0.1, -0.05) is 0 Å². The molecule has 9 heteroatoms. The van der Waals surface area contributed by atoms with E-state index >= 15 is 0 Å². The average molecular weight is 334 g/mol. The first-order valence-electron chi connectivity index (χ1n) is 4.50. The monoisotopic (exact) mass is 335 g/mol. The van der Waals surface area contributed by atoms with Crippen LogP contribution in [0.3, 0.4) is 0 Å². The van der Waals surface area contributed by atoms with E-state index in [-0.39, 0.29) is 15.0 Å². The first-order valence-corrected chi connectivity index (χ1v) is 8.54. The molecule has 5 nitrogen and oxygen atoms in total. The summed E-state index contributed by atoms with van der Waals surface area (Å²) in [7, 11) is -4.94. The van der Waals surface area contributed by atoms with E-state index in [1.807, 2.05) is 9.87 Å². The number of rotatable bonds is 3. The van der Waals surface area contributed by atoms with Crippen LogP contribution >= 0.6 is 11.8 Å². The SMILES string of the molecule is O=S(=O)(F)OC1(N2CCOCC2)SC=C[Se]1. The molecule has 1 atom stereocenters. The van der Waals surface area contributed by atoms with Crippen LogP contribution in [0.5, 0.6) is 0 Å². The minimum atomic E-state index is -4.94. The van der Waals surface area contributed by atoms with Crippen molar-refractivity contribution >= 4 is 37.2 Å². The zero-order valence-corrected chi connectivity index (χ0v) is 11.5. The van der Waals surface area contributed by atoms with Gasteiger partial charge in [0.1, 0.15) is 0 Å². The number of hydrogen-bond donors (Lipinski definition) is 0.